The maximum absolute atomic E-state index is 11.9. The van der Waals surface area contributed by atoms with Crippen molar-refractivity contribution in [2.75, 3.05) is 20.2 Å². The largest absolute Gasteiger partial charge is 0.497 e. The second-order valence-corrected chi connectivity index (χ2v) is 5.80. The zero-order chi connectivity index (χ0) is 15.1. The third-order valence-corrected chi connectivity index (χ3v) is 4.19. The topological polar surface area (TPSA) is 47.6 Å². The molecule has 0 spiro atoms. The fourth-order valence-electron chi connectivity index (χ4n) is 2.74. The van der Waals surface area contributed by atoms with Gasteiger partial charge in [-0.25, -0.2) is 0 Å². The smallest absolute Gasteiger partial charge is 0.306 e. The molecule has 2 unspecified atom stereocenters. The summed E-state index contributed by atoms with van der Waals surface area (Å²) < 4.78 is 10.5. The molecule has 1 heterocycles. The minimum absolute atomic E-state index is 0.108. The summed E-state index contributed by atoms with van der Waals surface area (Å²) in [6.45, 7) is 4.60. The zero-order valence-corrected chi connectivity index (χ0v) is 12.9. The van der Waals surface area contributed by atoms with Gasteiger partial charge in [0.1, 0.15) is 12.4 Å². The first kappa shape index (κ1) is 15.8. The molecule has 1 saturated heterocycles. The van der Waals surface area contributed by atoms with Gasteiger partial charge >= 0.3 is 5.97 Å². The lowest BCUT2D eigenvalue weighted by Crippen LogP contribution is -2.34. The minimum atomic E-state index is -0.108. The molecule has 2 rings (SSSR count). The van der Waals surface area contributed by atoms with Crippen LogP contribution in [-0.4, -0.2) is 26.2 Å². The van der Waals surface area contributed by atoms with Gasteiger partial charge in [-0.3, -0.25) is 4.79 Å². The van der Waals surface area contributed by atoms with Gasteiger partial charge in [0.05, 0.1) is 7.11 Å². The van der Waals surface area contributed by atoms with E-state index in [1.54, 1.807) is 7.11 Å². The number of nitrogens with one attached hydrogen (secondary N) is 1. The van der Waals surface area contributed by atoms with Gasteiger partial charge in [-0.05, 0) is 55.5 Å². The van der Waals surface area contributed by atoms with Crippen LogP contribution in [-0.2, 0) is 16.1 Å². The predicted octanol–water partition coefficient (Wildman–Crippen LogP) is 2.76. The monoisotopic (exact) mass is 291 g/mol. The fourth-order valence-corrected chi connectivity index (χ4v) is 2.74. The standard InChI is InChI=1S/C17H25NO3/c1-13(15-4-3-9-18-11-15)10-17(19)21-12-14-5-7-16(20-2)8-6-14/h5-8,13,15,18H,3-4,9-12H2,1-2H3. The van der Waals surface area contributed by atoms with Gasteiger partial charge in [-0.2, -0.15) is 0 Å². The average Bonchev–Trinajstić information content (AvgIpc) is 2.54. The van der Waals surface area contributed by atoms with E-state index in [9.17, 15) is 4.79 Å². The molecule has 1 fully saturated rings. The molecule has 1 aromatic rings. The van der Waals surface area contributed by atoms with Crippen LogP contribution < -0.4 is 10.1 Å². The van der Waals surface area contributed by atoms with Gasteiger partial charge in [-0.1, -0.05) is 19.1 Å². The van der Waals surface area contributed by atoms with Crippen LogP contribution in [0.15, 0.2) is 24.3 Å². The quantitative estimate of drug-likeness (QED) is 0.819. The van der Waals surface area contributed by atoms with E-state index in [1.807, 2.05) is 24.3 Å². The van der Waals surface area contributed by atoms with Crippen molar-refractivity contribution in [1.82, 2.24) is 5.32 Å². The second-order valence-electron chi connectivity index (χ2n) is 5.80. The van der Waals surface area contributed by atoms with Gasteiger partial charge in [0.15, 0.2) is 0 Å². The normalized spacial score (nSPS) is 19.8. The lowest BCUT2D eigenvalue weighted by atomic mass is 9.85. The van der Waals surface area contributed by atoms with Crippen LogP contribution in [0.2, 0.25) is 0 Å². The Balaban J connectivity index is 1.73. The molecule has 0 radical (unpaired) electrons. The van der Waals surface area contributed by atoms with Crippen molar-refractivity contribution >= 4 is 5.97 Å². The van der Waals surface area contributed by atoms with Crippen LogP contribution >= 0.6 is 0 Å². The molecule has 1 aliphatic rings. The van der Waals surface area contributed by atoms with Crippen molar-refractivity contribution in [2.45, 2.75) is 32.8 Å². The maximum atomic E-state index is 11.9. The molecule has 0 amide bonds. The van der Waals surface area contributed by atoms with Crippen molar-refractivity contribution in [1.29, 1.82) is 0 Å². The van der Waals surface area contributed by atoms with Crippen molar-refractivity contribution in [3.63, 3.8) is 0 Å². The first-order valence-corrected chi connectivity index (χ1v) is 7.68. The van der Waals surface area contributed by atoms with Gasteiger partial charge in [0, 0.05) is 6.42 Å². The summed E-state index contributed by atoms with van der Waals surface area (Å²) in [6.07, 6.45) is 2.92. The molecule has 1 aromatic carbocycles. The maximum Gasteiger partial charge on any atom is 0.306 e. The third kappa shape index (κ3) is 5.05. The SMILES string of the molecule is COc1ccc(COC(=O)CC(C)C2CCCNC2)cc1. The Labute approximate surface area is 126 Å². The molecule has 0 bridgehead atoms. The van der Waals surface area contributed by atoms with Gasteiger partial charge in [0.25, 0.3) is 0 Å². The number of carbonyl (C=O) groups excluding carboxylic acids is 1. The lowest BCUT2D eigenvalue weighted by molar-refractivity contribution is -0.146. The molecule has 4 nitrogen and oxygen atoms in total. The number of piperidine rings is 1. The predicted molar refractivity (Wildman–Crippen MR) is 82.2 cm³/mol. The van der Waals surface area contributed by atoms with Crippen LogP contribution in [0.25, 0.3) is 0 Å². The van der Waals surface area contributed by atoms with E-state index < -0.39 is 0 Å². The number of hydrogen-bond donors (Lipinski definition) is 1. The van der Waals surface area contributed by atoms with Crippen LogP contribution in [0.1, 0.15) is 31.7 Å². The molecule has 0 aliphatic carbocycles. The first-order chi connectivity index (χ1) is 10.2. The molecule has 21 heavy (non-hydrogen) atoms. The summed E-state index contributed by atoms with van der Waals surface area (Å²) in [7, 11) is 1.64. The number of benzene rings is 1. The molecule has 1 aliphatic heterocycles. The lowest BCUT2D eigenvalue weighted by Gasteiger charge is -2.27. The highest BCUT2D eigenvalue weighted by atomic mass is 16.5. The Kier molecular flexibility index (Phi) is 6.05. The van der Waals surface area contributed by atoms with Crippen molar-refractivity contribution in [2.24, 2.45) is 11.8 Å². The third-order valence-electron chi connectivity index (χ3n) is 4.19. The van der Waals surface area contributed by atoms with Crippen molar-refractivity contribution in [3.8, 4) is 5.75 Å². The average molecular weight is 291 g/mol. The summed E-state index contributed by atoms with van der Waals surface area (Å²) >= 11 is 0. The summed E-state index contributed by atoms with van der Waals surface area (Å²) in [5.41, 5.74) is 0.983. The molecule has 2 atom stereocenters. The fraction of sp³-hybridized carbons (Fsp3) is 0.588. The van der Waals surface area contributed by atoms with Crippen molar-refractivity contribution in [3.05, 3.63) is 29.8 Å². The molecule has 1 N–H and O–H groups in total. The Morgan fingerprint density at radius 1 is 1.38 bits per heavy atom. The van der Waals surface area contributed by atoms with Gasteiger partial charge < -0.3 is 14.8 Å². The van der Waals surface area contributed by atoms with Crippen LogP contribution in [0.4, 0.5) is 0 Å². The summed E-state index contributed by atoms with van der Waals surface area (Å²) in [5.74, 6) is 1.67. The first-order valence-electron chi connectivity index (χ1n) is 7.68. The summed E-state index contributed by atoms with van der Waals surface area (Å²) in [4.78, 5) is 11.9. The minimum Gasteiger partial charge on any atom is -0.497 e. The number of carbonyl (C=O) groups is 1. The van der Waals surface area contributed by atoms with E-state index in [1.165, 1.54) is 12.8 Å². The Morgan fingerprint density at radius 3 is 2.76 bits per heavy atom. The van der Waals surface area contributed by atoms with E-state index in [4.69, 9.17) is 9.47 Å². The molecule has 4 heteroatoms. The number of hydrogen-bond acceptors (Lipinski definition) is 4. The Bertz CT molecular complexity index is 438. The summed E-state index contributed by atoms with van der Waals surface area (Å²) in [6, 6.07) is 7.58. The highest BCUT2D eigenvalue weighted by Gasteiger charge is 2.22. The number of ether oxygens (including phenoxy) is 2. The Morgan fingerprint density at radius 2 is 2.14 bits per heavy atom. The van der Waals surface area contributed by atoms with E-state index in [0.717, 1.165) is 24.4 Å². The highest BCUT2D eigenvalue weighted by Crippen LogP contribution is 2.23. The number of rotatable bonds is 6. The molecule has 0 saturated carbocycles. The summed E-state index contributed by atoms with van der Waals surface area (Å²) in [5, 5.41) is 3.39. The van der Waals surface area contributed by atoms with E-state index in [2.05, 4.69) is 12.2 Å². The molecule has 116 valence electrons. The van der Waals surface area contributed by atoms with Crippen LogP contribution in [0, 0.1) is 11.8 Å². The number of esters is 1. The van der Waals surface area contributed by atoms with E-state index >= 15 is 0 Å². The molecule has 0 aromatic heterocycles. The van der Waals surface area contributed by atoms with Crippen molar-refractivity contribution < 1.29 is 14.3 Å². The molecular formula is C17H25NO3. The van der Waals surface area contributed by atoms with Gasteiger partial charge in [0.2, 0.25) is 0 Å². The highest BCUT2D eigenvalue weighted by molar-refractivity contribution is 5.69. The van der Waals surface area contributed by atoms with E-state index in [-0.39, 0.29) is 5.97 Å². The van der Waals surface area contributed by atoms with Crippen LogP contribution in [0.3, 0.4) is 0 Å². The van der Waals surface area contributed by atoms with E-state index in [0.29, 0.717) is 24.9 Å². The van der Waals surface area contributed by atoms with Crippen LogP contribution in [0.5, 0.6) is 5.75 Å². The Hall–Kier alpha value is -1.55. The van der Waals surface area contributed by atoms with Gasteiger partial charge in [-0.15, -0.1) is 0 Å². The molecular weight excluding hydrogens is 266 g/mol. The second kappa shape index (κ2) is 8.03. The number of methoxy groups -OCH3 is 1. The zero-order valence-electron chi connectivity index (χ0n) is 12.9.